The van der Waals surface area contributed by atoms with Gasteiger partial charge in [-0.1, -0.05) is 36.4 Å². The van der Waals surface area contributed by atoms with Crippen molar-refractivity contribution >= 4 is 5.91 Å². The van der Waals surface area contributed by atoms with E-state index in [1.807, 2.05) is 48.7 Å². The Morgan fingerprint density at radius 2 is 1.75 bits per heavy atom. The predicted octanol–water partition coefficient (Wildman–Crippen LogP) is 5.06. The minimum absolute atomic E-state index is 0.0545. The molecule has 0 N–H and O–H groups in total. The topological polar surface area (TPSA) is 25.2 Å². The van der Waals surface area contributed by atoms with Gasteiger partial charge < -0.3 is 9.47 Å². The summed E-state index contributed by atoms with van der Waals surface area (Å²) in [5, 5.41) is 0. The SMILES string of the molecule is Cc1ccc(C(=O)N2CCn3cccc3[C@@H]2c2ccccc2)cc1C(F)(F)F. The summed E-state index contributed by atoms with van der Waals surface area (Å²) >= 11 is 0. The van der Waals surface area contributed by atoms with Crippen LogP contribution in [0.5, 0.6) is 0 Å². The number of aromatic nitrogens is 1. The van der Waals surface area contributed by atoms with Crippen molar-refractivity contribution in [2.45, 2.75) is 25.7 Å². The van der Waals surface area contributed by atoms with Gasteiger partial charge in [0.25, 0.3) is 5.91 Å². The predicted molar refractivity (Wildman–Crippen MR) is 99.9 cm³/mol. The van der Waals surface area contributed by atoms with E-state index in [0.717, 1.165) is 17.3 Å². The molecular formula is C22H19F3N2O. The molecule has 0 saturated carbocycles. The number of carbonyl (C=O) groups excluding carboxylic acids is 1. The number of rotatable bonds is 2. The third-order valence-electron chi connectivity index (χ3n) is 5.20. The molecule has 0 saturated heterocycles. The Balaban J connectivity index is 1.77. The summed E-state index contributed by atoms with van der Waals surface area (Å²) in [7, 11) is 0. The average Bonchev–Trinajstić information content (AvgIpc) is 3.15. The normalized spacial score (nSPS) is 16.7. The number of aryl methyl sites for hydroxylation is 1. The van der Waals surface area contributed by atoms with Gasteiger partial charge in [0.2, 0.25) is 0 Å². The van der Waals surface area contributed by atoms with Gasteiger partial charge in [0, 0.05) is 30.5 Å². The van der Waals surface area contributed by atoms with E-state index in [2.05, 4.69) is 4.57 Å². The first kappa shape index (κ1) is 18.3. The number of alkyl halides is 3. The Bertz CT molecular complexity index is 1010. The molecule has 28 heavy (non-hydrogen) atoms. The highest BCUT2D eigenvalue weighted by molar-refractivity contribution is 5.95. The molecular weight excluding hydrogens is 365 g/mol. The molecule has 3 aromatic rings. The number of hydrogen-bond donors (Lipinski definition) is 0. The molecule has 0 unspecified atom stereocenters. The number of nitrogens with zero attached hydrogens (tertiary/aromatic N) is 2. The van der Waals surface area contributed by atoms with Crippen molar-refractivity contribution in [3.63, 3.8) is 0 Å². The van der Waals surface area contributed by atoms with E-state index in [-0.39, 0.29) is 17.2 Å². The largest absolute Gasteiger partial charge is 0.416 e. The average molecular weight is 384 g/mol. The maximum atomic E-state index is 13.3. The van der Waals surface area contributed by atoms with Crippen LogP contribution in [0.4, 0.5) is 13.2 Å². The summed E-state index contributed by atoms with van der Waals surface area (Å²) in [6, 6.07) is 16.9. The molecule has 0 spiro atoms. The maximum Gasteiger partial charge on any atom is 0.416 e. The second-order valence-electron chi connectivity index (χ2n) is 6.97. The molecule has 4 rings (SSSR count). The summed E-state index contributed by atoms with van der Waals surface area (Å²) in [6.45, 7) is 2.43. The first-order chi connectivity index (χ1) is 13.4. The fourth-order valence-corrected chi connectivity index (χ4v) is 3.81. The number of halogens is 3. The van der Waals surface area contributed by atoms with Crippen LogP contribution in [-0.2, 0) is 12.7 Å². The maximum absolute atomic E-state index is 13.3. The quantitative estimate of drug-likeness (QED) is 0.606. The van der Waals surface area contributed by atoms with Crippen molar-refractivity contribution in [2.24, 2.45) is 0 Å². The summed E-state index contributed by atoms with van der Waals surface area (Å²) in [4.78, 5) is 14.9. The minimum atomic E-state index is -4.49. The highest BCUT2D eigenvalue weighted by Gasteiger charge is 2.36. The molecule has 6 heteroatoms. The lowest BCUT2D eigenvalue weighted by molar-refractivity contribution is -0.138. The van der Waals surface area contributed by atoms with Gasteiger partial charge in [-0.25, -0.2) is 0 Å². The third-order valence-corrected chi connectivity index (χ3v) is 5.20. The summed E-state index contributed by atoms with van der Waals surface area (Å²) in [5.74, 6) is -0.396. The molecule has 3 nitrogen and oxygen atoms in total. The van der Waals surface area contributed by atoms with Crippen LogP contribution in [0.25, 0.3) is 0 Å². The first-order valence-electron chi connectivity index (χ1n) is 9.05. The number of benzene rings is 2. The molecule has 0 aliphatic carbocycles. The molecule has 1 aromatic heterocycles. The highest BCUT2D eigenvalue weighted by Crippen LogP contribution is 2.35. The number of carbonyl (C=O) groups is 1. The highest BCUT2D eigenvalue weighted by atomic mass is 19.4. The van der Waals surface area contributed by atoms with Gasteiger partial charge in [-0.15, -0.1) is 0 Å². The number of amides is 1. The number of fused-ring (bicyclic) bond motifs is 1. The van der Waals surface area contributed by atoms with Crippen LogP contribution in [0.3, 0.4) is 0 Å². The molecule has 2 heterocycles. The van der Waals surface area contributed by atoms with Crippen molar-refractivity contribution in [1.82, 2.24) is 9.47 Å². The van der Waals surface area contributed by atoms with Crippen LogP contribution in [0.1, 0.15) is 38.8 Å². The van der Waals surface area contributed by atoms with Gasteiger partial charge >= 0.3 is 6.18 Å². The van der Waals surface area contributed by atoms with Crippen molar-refractivity contribution in [3.8, 4) is 0 Å². The van der Waals surface area contributed by atoms with Crippen LogP contribution in [0, 0.1) is 6.92 Å². The molecule has 0 bridgehead atoms. The molecule has 0 fully saturated rings. The van der Waals surface area contributed by atoms with Gasteiger partial charge in [-0.3, -0.25) is 4.79 Å². The van der Waals surface area contributed by atoms with Crippen LogP contribution < -0.4 is 0 Å². The van der Waals surface area contributed by atoms with E-state index in [4.69, 9.17) is 0 Å². The van der Waals surface area contributed by atoms with Gasteiger partial charge in [0.05, 0.1) is 11.6 Å². The second-order valence-corrected chi connectivity index (χ2v) is 6.97. The Hall–Kier alpha value is -3.02. The molecule has 1 aliphatic rings. The van der Waals surface area contributed by atoms with Gasteiger partial charge in [-0.2, -0.15) is 13.2 Å². The monoisotopic (exact) mass is 384 g/mol. The van der Waals surface area contributed by atoms with Crippen LogP contribution in [-0.4, -0.2) is 21.9 Å². The number of hydrogen-bond acceptors (Lipinski definition) is 1. The van der Waals surface area contributed by atoms with Crippen LogP contribution >= 0.6 is 0 Å². The zero-order valence-electron chi connectivity index (χ0n) is 15.3. The zero-order valence-corrected chi connectivity index (χ0v) is 15.3. The van der Waals surface area contributed by atoms with E-state index in [1.54, 1.807) is 4.90 Å². The van der Waals surface area contributed by atoms with E-state index in [0.29, 0.717) is 13.1 Å². The minimum Gasteiger partial charge on any atom is -0.348 e. The molecule has 1 aliphatic heterocycles. The van der Waals surface area contributed by atoms with E-state index >= 15 is 0 Å². The summed E-state index contributed by atoms with van der Waals surface area (Å²) in [6.07, 6.45) is -2.53. The van der Waals surface area contributed by atoms with E-state index < -0.39 is 17.6 Å². The second kappa shape index (κ2) is 6.86. The lowest BCUT2D eigenvalue weighted by Gasteiger charge is -2.37. The lowest BCUT2D eigenvalue weighted by atomic mass is 9.98. The Labute approximate surface area is 161 Å². The lowest BCUT2D eigenvalue weighted by Crippen LogP contribution is -2.42. The summed E-state index contributed by atoms with van der Waals surface area (Å²) in [5.41, 5.74) is 1.28. The van der Waals surface area contributed by atoms with Gasteiger partial charge in [0.1, 0.15) is 0 Å². The standard InChI is InChI=1S/C22H19F3N2O/c1-15-9-10-17(14-18(15)22(23,24)25)21(28)27-13-12-26-11-5-8-19(26)20(27)16-6-3-2-4-7-16/h2-11,14,20H,12-13H2,1H3/t20-/m0/s1. The Kier molecular flexibility index (Phi) is 4.49. The van der Waals surface area contributed by atoms with Crippen molar-refractivity contribution in [1.29, 1.82) is 0 Å². The third kappa shape index (κ3) is 3.19. The smallest absolute Gasteiger partial charge is 0.348 e. The molecule has 1 atom stereocenters. The first-order valence-corrected chi connectivity index (χ1v) is 9.05. The zero-order chi connectivity index (χ0) is 19.9. The van der Waals surface area contributed by atoms with Crippen molar-refractivity contribution in [2.75, 3.05) is 6.54 Å². The van der Waals surface area contributed by atoms with Crippen molar-refractivity contribution in [3.05, 3.63) is 94.8 Å². The Morgan fingerprint density at radius 3 is 2.46 bits per heavy atom. The van der Waals surface area contributed by atoms with Gasteiger partial charge in [-0.05, 0) is 42.3 Å². The van der Waals surface area contributed by atoms with Gasteiger partial charge in [0.15, 0.2) is 0 Å². The van der Waals surface area contributed by atoms with E-state index in [9.17, 15) is 18.0 Å². The molecule has 2 aromatic carbocycles. The van der Waals surface area contributed by atoms with Crippen LogP contribution in [0.15, 0.2) is 66.9 Å². The Morgan fingerprint density at radius 1 is 1.00 bits per heavy atom. The molecule has 144 valence electrons. The van der Waals surface area contributed by atoms with Crippen molar-refractivity contribution < 1.29 is 18.0 Å². The fourth-order valence-electron chi connectivity index (χ4n) is 3.81. The fraction of sp³-hybridized carbons (Fsp3) is 0.227. The summed E-state index contributed by atoms with van der Waals surface area (Å²) < 4.78 is 42.0. The molecule has 1 amide bonds. The van der Waals surface area contributed by atoms with E-state index in [1.165, 1.54) is 19.1 Å². The van der Waals surface area contributed by atoms with Crippen LogP contribution in [0.2, 0.25) is 0 Å². The molecule has 0 radical (unpaired) electrons.